The van der Waals surface area contributed by atoms with E-state index in [1.54, 1.807) is 19.2 Å². The minimum Gasteiger partial charge on any atom is -0.496 e. The first-order valence-electron chi connectivity index (χ1n) is 15.2. The highest BCUT2D eigenvalue weighted by atomic mass is 35.5. The zero-order chi connectivity index (χ0) is 35.2. The number of fused-ring (bicyclic) bond motifs is 1. The Hall–Kier alpha value is -4.62. The van der Waals surface area contributed by atoms with Gasteiger partial charge in [-0.25, -0.2) is 9.18 Å². The van der Waals surface area contributed by atoms with Gasteiger partial charge in [0.05, 0.1) is 13.7 Å². The number of nitrogens with one attached hydrogen (secondary N) is 3. The van der Waals surface area contributed by atoms with Crippen molar-refractivity contribution in [2.45, 2.75) is 51.0 Å². The molecular weight excluding hydrogens is 668 g/mol. The number of amides is 4. The number of rotatable bonds is 12. The fourth-order valence-electron chi connectivity index (χ4n) is 5.18. The summed E-state index contributed by atoms with van der Waals surface area (Å²) in [5.41, 5.74) is 8.69. The lowest BCUT2D eigenvalue weighted by Gasteiger charge is -2.29. The second kappa shape index (κ2) is 18.6. The Morgan fingerprint density at radius 3 is 2.50 bits per heavy atom. The third kappa shape index (κ3) is 11.6. The molecule has 4 rings (SSSR count). The van der Waals surface area contributed by atoms with E-state index < -0.39 is 47.3 Å². The number of hydrazine groups is 1. The lowest BCUT2D eigenvalue weighted by atomic mass is 9.84. The molecule has 1 aliphatic rings. The lowest BCUT2D eigenvalue weighted by Crippen LogP contribution is -2.55. The van der Waals surface area contributed by atoms with E-state index in [1.165, 1.54) is 18.2 Å². The van der Waals surface area contributed by atoms with Gasteiger partial charge in [0.2, 0.25) is 11.8 Å². The van der Waals surface area contributed by atoms with Crippen LogP contribution in [0.25, 0.3) is 17.0 Å². The van der Waals surface area contributed by atoms with Crippen LogP contribution in [-0.4, -0.2) is 70.3 Å². The topological polar surface area (TPSA) is 184 Å². The number of halogens is 3. The van der Waals surface area contributed by atoms with E-state index >= 15 is 0 Å². The molecule has 4 amide bonds. The van der Waals surface area contributed by atoms with E-state index in [4.69, 9.17) is 38.8 Å². The highest BCUT2D eigenvalue weighted by Crippen LogP contribution is 2.28. The van der Waals surface area contributed by atoms with Crippen molar-refractivity contribution in [1.29, 1.82) is 0 Å². The van der Waals surface area contributed by atoms with Gasteiger partial charge in [0.15, 0.2) is 0 Å². The second-order valence-electron chi connectivity index (χ2n) is 11.1. The van der Waals surface area contributed by atoms with Crippen LogP contribution in [-0.2, 0) is 19.2 Å². The Labute approximate surface area is 286 Å². The number of nitrogens with two attached hydrogens (primary N) is 1. The average Bonchev–Trinajstić information content (AvgIpc) is 3.51. The van der Waals surface area contributed by atoms with Crippen molar-refractivity contribution in [2.24, 2.45) is 11.7 Å². The molecule has 0 aliphatic heterocycles. The Balaban J connectivity index is 0.000000368. The van der Waals surface area contributed by atoms with E-state index in [1.807, 2.05) is 12.1 Å². The predicted octanol–water partition coefficient (Wildman–Crippen LogP) is 4.80. The number of aromatic nitrogens is 1. The zero-order valence-electron chi connectivity index (χ0n) is 26.3. The molecule has 1 fully saturated rings. The molecule has 1 atom stereocenters. The van der Waals surface area contributed by atoms with E-state index in [0.717, 1.165) is 60.2 Å². The van der Waals surface area contributed by atoms with E-state index in [9.17, 15) is 28.4 Å². The number of benzene rings is 2. The van der Waals surface area contributed by atoms with Gasteiger partial charge in [0.1, 0.15) is 29.2 Å². The Kier molecular flexibility index (Phi) is 14.7. The Morgan fingerprint density at radius 2 is 1.88 bits per heavy atom. The summed E-state index contributed by atoms with van der Waals surface area (Å²) < 4.78 is 19.1. The maximum Gasteiger partial charge on any atom is 0.352 e. The number of carbonyl (C=O) groups is 5. The number of carboxylic acid groups (broad SMARTS) is 1. The van der Waals surface area contributed by atoms with Gasteiger partial charge in [-0.1, -0.05) is 55.8 Å². The minimum absolute atomic E-state index is 0.146. The summed E-state index contributed by atoms with van der Waals surface area (Å²) in [7, 11) is 1.56. The third-order valence-corrected chi connectivity index (χ3v) is 8.08. The van der Waals surface area contributed by atoms with Gasteiger partial charge in [0.25, 0.3) is 11.8 Å². The number of aromatic carboxylic acids is 1. The molecular formula is C33H38Cl2FN5O7. The summed E-state index contributed by atoms with van der Waals surface area (Å²) in [6.07, 6.45) is 7.68. The number of methoxy groups -OCH3 is 1. The molecule has 0 radical (unpaired) electrons. The first-order chi connectivity index (χ1) is 22.9. The van der Waals surface area contributed by atoms with Crippen LogP contribution in [0, 0.1) is 11.7 Å². The molecule has 48 heavy (non-hydrogen) atoms. The van der Waals surface area contributed by atoms with Crippen LogP contribution in [0.15, 0.2) is 48.5 Å². The first-order valence-corrected chi connectivity index (χ1v) is 16.1. The molecule has 0 saturated heterocycles. The van der Waals surface area contributed by atoms with E-state index in [2.05, 4.69) is 15.7 Å². The number of carbonyl (C=O) groups excluding carboxylic acids is 4. The SMILES string of the molecule is COc1cccc2[nH]c(C(=O)O)cc12.NC(=O)CCN(NC(=O)[C@H](CC1CCCCC1)NC(=O)/C=C/c1ccc(Cl)cc1F)C(=O)CCl. The summed E-state index contributed by atoms with van der Waals surface area (Å²) in [6, 6.07) is 10.1. The number of alkyl halides is 1. The van der Waals surface area contributed by atoms with Crippen LogP contribution in [0.1, 0.15) is 61.0 Å². The van der Waals surface area contributed by atoms with Crippen LogP contribution in [0.3, 0.4) is 0 Å². The molecule has 0 spiro atoms. The number of hydrogen-bond acceptors (Lipinski definition) is 6. The van der Waals surface area contributed by atoms with E-state index in [0.29, 0.717) is 12.2 Å². The molecule has 1 aliphatic carbocycles. The molecule has 3 aromatic rings. The first kappa shape index (κ1) is 37.8. The number of nitrogens with zero attached hydrogens (tertiary/aromatic N) is 1. The molecule has 1 saturated carbocycles. The minimum atomic E-state index is -0.969. The summed E-state index contributed by atoms with van der Waals surface area (Å²) in [6.45, 7) is -0.146. The van der Waals surface area contributed by atoms with Gasteiger partial charge >= 0.3 is 5.97 Å². The Morgan fingerprint density at radius 1 is 1.15 bits per heavy atom. The molecule has 1 aromatic heterocycles. The fraction of sp³-hybridized carbons (Fsp3) is 0.364. The normalized spacial score (nSPS) is 13.7. The van der Waals surface area contributed by atoms with Gasteiger partial charge in [-0.15, -0.1) is 11.6 Å². The van der Waals surface area contributed by atoms with Gasteiger partial charge < -0.3 is 25.9 Å². The number of hydrogen-bond donors (Lipinski definition) is 5. The monoisotopic (exact) mass is 705 g/mol. The third-order valence-electron chi connectivity index (χ3n) is 7.62. The van der Waals surface area contributed by atoms with Crippen molar-refractivity contribution in [3.63, 3.8) is 0 Å². The number of ether oxygens (including phenoxy) is 1. The summed E-state index contributed by atoms with van der Waals surface area (Å²) in [4.78, 5) is 62.3. The molecule has 1 heterocycles. The molecule has 2 aromatic carbocycles. The van der Waals surface area contributed by atoms with Crippen LogP contribution in [0.2, 0.25) is 5.02 Å². The van der Waals surface area contributed by atoms with Crippen molar-refractivity contribution in [2.75, 3.05) is 19.5 Å². The van der Waals surface area contributed by atoms with Crippen molar-refractivity contribution in [1.82, 2.24) is 20.7 Å². The highest BCUT2D eigenvalue weighted by molar-refractivity contribution is 6.30. The molecule has 258 valence electrons. The standard InChI is InChI=1S/C23H29Cl2FN4O4.C10H9NO3/c24-14-22(33)30(11-10-20(27)31)29-23(34)19(12-15-4-2-1-3-5-15)28-21(32)9-7-16-6-8-17(25)13-18(16)26;1-14-9-4-2-3-7-6(9)5-8(11-7)10(12)13/h6-9,13,15,19H,1-5,10-12,14H2,(H2,27,31)(H,28,32)(H,29,34);2-5,11H,1H3,(H,12,13)/b9-7+;/t19-;/m0./s1. The molecule has 6 N–H and O–H groups in total. The molecule has 15 heteroatoms. The number of H-pyrrole nitrogens is 1. The van der Waals surface area contributed by atoms with Crippen molar-refractivity contribution in [3.05, 3.63) is 70.6 Å². The average molecular weight is 707 g/mol. The van der Waals surface area contributed by atoms with Gasteiger partial charge in [-0.3, -0.25) is 29.6 Å². The number of aromatic amines is 1. The largest absolute Gasteiger partial charge is 0.496 e. The van der Waals surface area contributed by atoms with Gasteiger partial charge in [-0.05, 0) is 48.7 Å². The van der Waals surface area contributed by atoms with Crippen molar-refractivity contribution >= 4 is 69.8 Å². The second-order valence-corrected chi connectivity index (χ2v) is 11.8. The van der Waals surface area contributed by atoms with Gasteiger partial charge in [-0.2, -0.15) is 0 Å². The van der Waals surface area contributed by atoms with E-state index in [-0.39, 0.29) is 35.2 Å². The van der Waals surface area contributed by atoms with Crippen molar-refractivity contribution in [3.8, 4) is 5.75 Å². The maximum atomic E-state index is 14.0. The summed E-state index contributed by atoms with van der Waals surface area (Å²) in [5, 5.41) is 13.4. The Bertz CT molecular complexity index is 1640. The maximum absolute atomic E-state index is 14.0. The van der Waals surface area contributed by atoms with Crippen LogP contribution in [0.4, 0.5) is 4.39 Å². The quantitative estimate of drug-likeness (QED) is 0.102. The van der Waals surface area contributed by atoms with Crippen LogP contribution >= 0.6 is 23.2 Å². The summed E-state index contributed by atoms with van der Waals surface area (Å²) >= 11 is 11.4. The highest BCUT2D eigenvalue weighted by Gasteiger charge is 2.28. The van der Waals surface area contributed by atoms with Gasteiger partial charge in [0, 0.05) is 34.0 Å². The van der Waals surface area contributed by atoms with Crippen LogP contribution < -0.4 is 21.2 Å². The predicted molar refractivity (Wildman–Crippen MR) is 180 cm³/mol. The number of primary amides is 1. The zero-order valence-corrected chi connectivity index (χ0v) is 27.8. The van der Waals surface area contributed by atoms with Crippen molar-refractivity contribution < 1.29 is 38.2 Å². The molecule has 0 bridgehead atoms. The fourth-order valence-corrected chi connectivity index (χ4v) is 5.48. The smallest absolute Gasteiger partial charge is 0.352 e. The van der Waals surface area contributed by atoms with Crippen LogP contribution in [0.5, 0.6) is 5.75 Å². The lowest BCUT2D eigenvalue weighted by molar-refractivity contribution is -0.141. The summed E-state index contributed by atoms with van der Waals surface area (Å²) in [5.74, 6) is -3.54. The number of carboxylic acids is 1. The molecule has 12 nitrogen and oxygen atoms in total. The molecule has 0 unspecified atom stereocenters.